The third-order valence-corrected chi connectivity index (χ3v) is 4.21. The Hall–Kier alpha value is -1.43. The number of hydrogen-bond donors (Lipinski definition) is 0. The molecule has 2 aliphatic heterocycles. The van der Waals surface area contributed by atoms with Crippen LogP contribution in [0.2, 0.25) is 0 Å². The van der Waals surface area contributed by atoms with E-state index >= 15 is 0 Å². The molecule has 3 rings (SSSR count). The van der Waals surface area contributed by atoms with Gasteiger partial charge in [-0.2, -0.15) is 5.10 Å². The fourth-order valence-corrected chi connectivity index (χ4v) is 3.27. The molecule has 104 valence electrons. The van der Waals surface area contributed by atoms with Crippen molar-refractivity contribution >= 4 is 5.91 Å². The van der Waals surface area contributed by atoms with Gasteiger partial charge >= 0.3 is 0 Å². The number of carbonyl (C=O) groups excluding carboxylic acids is 1. The lowest BCUT2D eigenvalue weighted by Crippen LogP contribution is -2.59. The number of amides is 1. The van der Waals surface area contributed by atoms with E-state index in [2.05, 4.69) is 10.1 Å². The van der Waals surface area contributed by atoms with Gasteiger partial charge in [-0.05, 0) is 32.1 Å². The molecule has 19 heavy (non-hydrogen) atoms. The van der Waals surface area contributed by atoms with Crippen LogP contribution in [0.5, 0.6) is 0 Å². The van der Waals surface area contributed by atoms with Gasteiger partial charge in [-0.3, -0.25) is 4.79 Å². The predicted octanol–water partition coefficient (Wildman–Crippen LogP) is 0.840. The minimum Gasteiger partial charge on any atom is -0.379 e. The third kappa shape index (κ3) is 2.49. The summed E-state index contributed by atoms with van der Waals surface area (Å²) in [5.41, 5.74) is -0.0613. The van der Waals surface area contributed by atoms with Gasteiger partial charge in [-0.1, -0.05) is 0 Å². The molecule has 0 bridgehead atoms. The molecular formula is C13H20N4O2. The van der Waals surface area contributed by atoms with E-state index in [1.807, 2.05) is 4.90 Å². The molecule has 0 aromatic carbocycles. The number of rotatable bonds is 2. The first-order valence-corrected chi connectivity index (χ1v) is 7.01. The zero-order valence-corrected chi connectivity index (χ0v) is 11.1. The van der Waals surface area contributed by atoms with E-state index in [-0.39, 0.29) is 18.0 Å². The van der Waals surface area contributed by atoms with Gasteiger partial charge in [0.2, 0.25) is 5.91 Å². The van der Waals surface area contributed by atoms with Gasteiger partial charge in [-0.25, -0.2) is 9.67 Å². The summed E-state index contributed by atoms with van der Waals surface area (Å²) in [5, 5.41) is 4.01. The molecular weight excluding hydrogens is 244 g/mol. The average molecular weight is 264 g/mol. The second kappa shape index (κ2) is 5.28. The Morgan fingerprint density at radius 2 is 2.21 bits per heavy atom. The van der Waals surface area contributed by atoms with E-state index in [0.29, 0.717) is 6.61 Å². The quantitative estimate of drug-likeness (QED) is 0.794. The second-order valence-corrected chi connectivity index (χ2v) is 5.48. The lowest BCUT2D eigenvalue weighted by Gasteiger charge is -2.49. The molecule has 2 saturated heterocycles. The van der Waals surface area contributed by atoms with Crippen LogP contribution in [0.3, 0.4) is 0 Å². The number of nitrogens with zero attached hydrogens (tertiary/aromatic N) is 4. The van der Waals surface area contributed by atoms with Crippen LogP contribution in [0.15, 0.2) is 12.7 Å². The summed E-state index contributed by atoms with van der Waals surface area (Å²) in [6.07, 6.45) is 8.51. The lowest BCUT2D eigenvalue weighted by atomic mass is 9.82. The largest absolute Gasteiger partial charge is 0.379 e. The van der Waals surface area contributed by atoms with Gasteiger partial charge in [0.1, 0.15) is 19.2 Å². The van der Waals surface area contributed by atoms with Gasteiger partial charge in [0.25, 0.3) is 0 Å². The number of hydrogen-bond acceptors (Lipinski definition) is 4. The molecule has 1 spiro atoms. The molecule has 2 aliphatic rings. The summed E-state index contributed by atoms with van der Waals surface area (Å²) in [4.78, 5) is 18.4. The fraction of sp³-hybridized carbons (Fsp3) is 0.769. The van der Waals surface area contributed by atoms with Crippen molar-refractivity contribution in [3.05, 3.63) is 12.7 Å². The van der Waals surface area contributed by atoms with E-state index in [4.69, 9.17) is 4.74 Å². The highest BCUT2D eigenvalue weighted by Crippen LogP contribution is 2.35. The molecule has 0 unspecified atom stereocenters. The SMILES string of the molecule is O=C(Cn1cncn1)N1CCCC[C@@]12CCCOC2. The molecule has 0 aliphatic carbocycles. The Morgan fingerprint density at radius 3 is 2.95 bits per heavy atom. The van der Waals surface area contributed by atoms with Gasteiger partial charge in [-0.15, -0.1) is 0 Å². The van der Waals surface area contributed by atoms with Crippen molar-refractivity contribution < 1.29 is 9.53 Å². The summed E-state index contributed by atoms with van der Waals surface area (Å²) in [7, 11) is 0. The molecule has 0 radical (unpaired) electrons. The third-order valence-electron chi connectivity index (χ3n) is 4.21. The Labute approximate surface area is 112 Å². The van der Waals surface area contributed by atoms with Crippen molar-refractivity contribution in [2.75, 3.05) is 19.8 Å². The van der Waals surface area contributed by atoms with E-state index in [1.54, 1.807) is 11.0 Å². The highest BCUT2D eigenvalue weighted by molar-refractivity contribution is 5.77. The maximum Gasteiger partial charge on any atom is 0.244 e. The van der Waals surface area contributed by atoms with Gasteiger partial charge in [0.05, 0.1) is 12.1 Å². The maximum atomic E-state index is 12.5. The number of ether oxygens (including phenoxy) is 1. The summed E-state index contributed by atoms with van der Waals surface area (Å²) < 4.78 is 7.24. The molecule has 1 atom stereocenters. The van der Waals surface area contributed by atoms with E-state index < -0.39 is 0 Å². The second-order valence-electron chi connectivity index (χ2n) is 5.48. The first kappa shape index (κ1) is 12.6. The highest BCUT2D eigenvalue weighted by Gasteiger charge is 2.42. The monoisotopic (exact) mass is 264 g/mol. The zero-order chi connectivity index (χ0) is 13.1. The number of likely N-dealkylation sites (tertiary alicyclic amines) is 1. The van der Waals surface area contributed by atoms with Crippen molar-refractivity contribution in [2.24, 2.45) is 0 Å². The van der Waals surface area contributed by atoms with Crippen LogP contribution in [-0.2, 0) is 16.1 Å². The first-order valence-electron chi connectivity index (χ1n) is 7.01. The number of piperidine rings is 1. The van der Waals surface area contributed by atoms with Crippen molar-refractivity contribution in [3.8, 4) is 0 Å². The Balaban J connectivity index is 1.74. The standard InChI is InChI=1S/C13H20N4O2/c18-12(8-16-11-14-10-15-16)17-6-2-1-4-13(17)5-3-7-19-9-13/h10-11H,1-9H2/t13-/m0/s1. The van der Waals surface area contributed by atoms with Gasteiger partial charge in [0.15, 0.2) is 0 Å². The van der Waals surface area contributed by atoms with Gasteiger partial charge < -0.3 is 9.64 Å². The Kier molecular flexibility index (Phi) is 3.50. The Morgan fingerprint density at radius 1 is 1.32 bits per heavy atom. The van der Waals surface area contributed by atoms with Crippen LogP contribution in [0.25, 0.3) is 0 Å². The number of carbonyl (C=O) groups is 1. The normalized spacial score (nSPS) is 27.7. The predicted molar refractivity (Wildman–Crippen MR) is 68.4 cm³/mol. The number of aromatic nitrogens is 3. The van der Waals surface area contributed by atoms with Crippen LogP contribution >= 0.6 is 0 Å². The topological polar surface area (TPSA) is 60.2 Å². The summed E-state index contributed by atoms with van der Waals surface area (Å²) >= 11 is 0. The van der Waals surface area contributed by atoms with Crippen molar-refractivity contribution in [3.63, 3.8) is 0 Å². The smallest absolute Gasteiger partial charge is 0.244 e. The molecule has 6 nitrogen and oxygen atoms in total. The van der Waals surface area contributed by atoms with Crippen molar-refractivity contribution in [1.29, 1.82) is 0 Å². The molecule has 0 saturated carbocycles. The van der Waals surface area contributed by atoms with Crippen LogP contribution in [0.1, 0.15) is 32.1 Å². The summed E-state index contributed by atoms with van der Waals surface area (Å²) in [6, 6.07) is 0. The van der Waals surface area contributed by atoms with Crippen LogP contribution in [0.4, 0.5) is 0 Å². The van der Waals surface area contributed by atoms with E-state index in [0.717, 1.165) is 38.8 Å². The Bertz CT molecular complexity index is 418. The molecule has 6 heteroatoms. The van der Waals surface area contributed by atoms with Gasteiger partial charge in [0, 0.05) is 13.2 Å². The zero-order valence-electron chi connectivity index (χ0n) is 11.1. The molecule has 1 amide bonds. The van der Waals surface area contributed by atoms with Crippen molar-refractivity contribution in [1.82, 2.24) is 19.7 Å². The fourth-order valence-electron chi connectivity index (χ4n) is 3.27. The minimum atomic E-state index is -0.0613. The van der Waals surface area contributed by atoms with Crippen LogP contribution in [0, 0.1) is 0 Å². The summed E-state index contributed by atoms with van der Waals surface area (Å²) in [5.74, 6) is 0.135. The van der Waals surface area contributed by atoms with E-state index in [1.165, 1.54) is 12.7 Å². The first-order chi connectivity index (χ1) is 9.30. The van der Waals surface area contributed by atoms with Crippen molar-refractivity contribution in [2.45, 2.75) is 44.2 Å². The molecule has 0 N–H and O–H groups in total. The molecule has 3 heterocycles. The lowest BCUT2D eigenvalue weighted by molar-refractivity contribution is -0.149. The highest BCUT2D eigenvalue weighted by atomic mass is 16.5. The van der Waals surface area contributed by atoms with E-state index in [9.17, 15) is 4.79 Å². The maximum absolute atomic E-state index is 12.5. The molecule has 1 aromatic rings. The average Bonchev–Trinajstić information content (AvgIpc) is 2.93. The van der Waals surface area contributed by atoms with Crippen LogP contribution < -0.4 is 0 Å². The minimum absolute atomic E-state index is 0.0613. The molecule has 2 fully saturated rings. The van der Waals surface area contributed by atoms with Crippen LogP contribution in [-0.4, -0.2) is 50.9 Å². The molecule has 1 aromatic heterocycles. The summed E-state index contributed by atoms with van der Waals surface area (Å²) in [6.45, 7) is 2.64.